The Balaban J connectivity index is 1.63. The quantitative estimate of drug-likeness (QED) is 0.330. The number of carbonyl (C=O) groups is 1. The standard InChI is InChI=1S/C23H28F3N5O/c1-2-27-23(29-15-20(32)30-18-11-10-17(24)21(25)22(18)26)28-14-19(31-12-6-7-13-31)16-8-4-3-5-9-16/h3-5,8-11,19H,2,6-7,12-15H2,1H3,(H,30,32)(H2,27,28,29). The first kappa shape index (κ1) is 23.6. The van der Waals surface area contributed by atoms with Gasteiger partial charge in [0, 0.05) is 13.1 Å². The molecule has 1 heterocycles. The number of halogens is 3. The smallest absolute Gasteiger partial charge is 0.246 e. The van der Waals surface area contributed by atoms with Gasteiger partial charge in [0.05, 0.1) is 11.7 Å². The molecule has 6 nitrogen and oxygen atoms in total. The van der Waals surface area contributed by atoms with Crippen LogP contribution in [0.25, 0.3) is 0 Å². The fourth-order valence-corrected chi connectivity index (χ4v) is 3.68. The molecule has 0 radical (unpaired) electrons. The SMILES string of the molecule is CCNC(=NCC(=O)Nc1ccc(F)c(F)c1F)NCC(c1ccccc1)N1CCCC1. The van der Waals surface area contributed by atoms with Gasteiger partial charge in [0.2, 0.25) is 5.91 Å². The fraction of sp³-hybridized carbons (Fsp3) is 0.391. The molecule has 2 aromatic rings. The molecule has 0 aliphatic carbocycles. The molecule has 3 rings (SSSR count). The van der Waals surface area contributed by atoms with E-state index in [1.807, 2.05) is 25.1 Å². The van der Waals surface area contributed by atoms with Gasteiger partial charge in [-0.3, -0.25) is 9.69 Å². The number of likely N-dealkylation sites (tertiary alicyclic amines) is 1. The van der Waals surface area contributed by atoms with Crippen molar-refractivity contribution in [1.29, 1.82) is 0 Å². The first-order chi connectivity index (χ1) is 15.5. The van der Waals surface area contributed by atoms with Gasteiger partial charge in [-0.25, -0.2) is 18.2 Å². The van der Waals surface area contributed by atoms with Crippen LogP contribution >= 0.6 is 0 Å². The van der Waals surface area contributed by atoms with Crippen LogP contribution in [0.5, 0.6) is 0 Å². The molecule has 2 aromatic carbocycles. The minimum atomic E-state index is -1.63. The molecule has 0 bridgehead atoms. The van der Waals surface area contributed by atoms with Crippen molar-refractivity contribution < 1.29 is 18.0 Å². The zero-order chi connectivity index (χ0) is 22.9. The predicted octanol–water partition coefficient (Wildman–Crippen LogP) is 3.43. The summed E-state index contributed by atoms with van der Waals surface area (Å²) in [4.78, 5) is 18.8. The lowest BCUT2D eigenvalue weighted by molar-refractivity contribution is -0.114. The topological polar surface area (TPSA) is 68.8 Å². The van der Waals surface area contributed by atoms with Crippen LogP contribution in [0.2, 0.25) is 0 Å². The minimum Gasteiger partial charge on any atom is -0.357 e. The number of hydrogen-bond donors (Lipinski definition) is 3. The number of anilines is 1. The van der Waals surface area contributed by atoms with Gasteiger partial charge < -0.3 is 16.0 Å². The van der Waals surface area contributed by atoms with E-state index in [1.165, 1.54) is 5.56 Å². The number of amides is 1. The van der Waals surface area contributed by atoms with Crippen LogP contribution in [0.1, 0.15) is 31.4 Å². The Hall–Kier alpha value is -3.07. The average molecular weight is 448 g/mol. The Bertz CT molecular complexity index is 933. The molecule has 1 atom stereocenters. The fourth-order valence-electron chi connectivity index (χ4n) is 3.68. The van der Waals surface area contributed by atoms with E-state index in [1.54, 1.807) is 0 Å². The van der Waals surface area contributed by atoms with Crippen LogP contribution < -0.4 is 16.0 Å². The molecule has 1 unspecified atom stereocenters. The van der Waals surface area contributed by atoms with Crippen LogP contribution in [-0.2, 0) is 4.79 Å². The Morgan fingerprint density at radius 1 is 1.03 bits per heavy atom. The first-order valence-electron chi connectivity index (χ1n) is 10.7. The molecule has 1 aliphatic heterocycles. The molecular formula is C23H28F3N5O. The summed E-state index contributed by atoms with van der Waals surface area (Å²) in [5, 5.41) is 8.58. The molecule has 0 aromatic heterocycles. The molecule has 1 aliphatic rings. The first-order valence-corrected chi connectivity index (χ1v) is 10.7. The van der Waals surface area contributed by atoms with Gasteiger partial charge in [-0.2, -0.15) is 0 Å². The number of guanidine groups is 1. The molecular weight excluding hydrogens is 419 g/mol. The van der Waals surface area contributed by atoms with Crippen molar-refractivity contribution in [3.8, 4) is 0 Å². The van der Waals surface area contributed by atoms with E-state index < -0.39 is 29.0 Å². The lowest BCUT2D eigenvalue weighted by Gasteiger charge is -2.29. The van der Waals surface area contributed by atoms with Crippen LogP contribution in [-0.4, -0.2) is 49.5 Å². The van der Waals surface area contributed by atoms with E-state index in [2.05, 4.69) is 38.0 Å². The summed E-state index contributed by atoms with van der Waals surface area (Å²) in [6.07, 6.45) is 2.33. The summed E-state index contributed by atoms with van der Waals surface area (Å²) in [5.74, 6) is -4.60. The minimum absolute atomic E-state index is 0.160. The lowest BCUT2D eigenvalue weighted by Crippen LogP contribution is -2.43. The number of benzene rings is 2. The molecule has 9 heteroatoms. The molecule has 172 valence electrons. The van der Waals surface area contributed by atoms with Gasteiger partial charge in [0.1, 0.15) is 6.54 Å². The normalized spacial score (nSPS) is 15.4. The number of nitrogens with one attached hydrogen (secondary N) is 3. The van der Waals surface area contributed by atoms with E-state index in [0.29, 0.717) is 19.0 Å². The third-order valence-corrected chi connectivity index (χ3v) is 5.26. The highest BCUT2D eigenvalue weighted by Crippen LogP contribution is 2.24. The number of aliphatic imine (C=N–C) groups is 1. The molecule has 1 amide bonds. The van der Waals surface area contributed by atoms with E-state index in [4.69, 9.17) is 0 Å². The van der Waals surface area contributed by atoms with Gasteiger partial charge in [-0.1, -0.05) is 30.3 Å². The van der Waals surface area contributed by atoms with Crippen molar-refractivity contribution in [3.05, 3.63) is 65.5 Å². The maximum atomic E-state index is 13.8. The molecule has 0 saturated carbocycles. The van der Waals surface area contributed by atoms with E-state index in [-0.39, 0.29) is 12.6 Å². The summed E-state index contributed by atoms with van der Waals surface area (Å²) >= 11 is 0. The predicted molar refractivity (Wildman–Crippen MR) is 119 cm³/mol. The van der Waals surface area contributed by atoms with Gasteiger partial charge in [-0.15, -0.1) is 0 Å². The number of hydrogen-bond acceptors (Lipinski definition) is 3. The van der Waals surface area contributed by atoms with Gasteiger partial charge >= 0.3 is 0 Å². The van der Waals surface area contributed by atoms with Gasteiger partial charge in [0.25, 0.3) is 0 Å². The van der Waals surface area contributed by atoms with Crippen molar-refractivity contribution in [2.75, 3.05) is 38.0 Å². The Morgan fingerprint density at radius 3 is 2.44 bits per heavy atom. The summed E-state index contributed by atoms with van der Waals surface area (Å²) in [6, 6.07) is 12.1. The molecule has 1 fully saturated rings. The van der Waals surface area contributed by atoms with E-state index in [9.17, 15) is 18.0 Å². The van der Waals surface area contributed by atoms with E-state index in [0.717, 1.165) is 38.1 Å². The van der Waals surface area contributed by atoms with E-state index >= 15 is 0 Å². The maximum Gasteiger partial charge on any atom is 0.246 e. The second-order valence-electron chi connectivity index (χ2n) is 7.52. The summed E-state index contributed by atoms with van der Waals surface area (Å²) in [5.41, 5.74) is 0.768. The van der Waals surface area contributed by atoms with Crippen molar-refractivity contribution in [1.82, 2.24) is 15.5 Å². The maximum absolute atomic E-state index is 13.8. The molecule has 32 heavy (non-hydrogen) atoms. The summed E-state index contributed by atoms with van der Waals surface area (Å²) < 4.78 is 40.2. The van der Waals surface area contributed by atoms with Crippen LogP contribution in [0.3, 0.4) is 0 Å². The van der Waals surface area contributed by atoms with Crippen molar-refractivity contribution >= 4 is 17.6 Å². The Labute approximate surface area is 185 Å². The highest BCUT2D eigenvalue weighted by atomic mass is 19.2. The highest BCUT2D eigenvalue weighted by Gasteiger charge is 2.23. The molecule has 1 saturated heterocycles. The highest BCUT2D eigenvalue weighted by molar-refractivity contribution is 5.94. The van der Waals surface area contributed by atoms with Crippen LogP contribution in [0.4, 0.5) is 18.9 Å². The number of carbonyl (C=O) groups excluding carboxylic acids is 1. The molecule has 0 spiro atoms. The zero-order valence-corrected chi connectivity index (χ0v) is 18.0. The third-order valence-electron chi connectivity index (χ3n) is 5.26. The largest absolute Gasteiger partial charge is 0.357 e. The second kappa shape index (κ2) is 11.5. The zero-order valence-electron chi connectivity index (χ0n) is 18.0. The molecule has 3 N–H and O–H groups in total. The summed E-state index contributed by atoms with van der Waals surface area (Å²) in [6.45, 7) is 4.82. The second-order valence-corrected chi connectivity index (χ2v) is 7.52. The van der Waals surface area contributed by atoms with Crippen molar-refractivity contribution in [3.63, 3.8) is 0 Å². The lowest BCUT2D eigenvalue weighted by atomic mass is 10.1. The van der Waals surface area contributed by atoms with Gasteiger partial charge in [-0.05, 0) is 50.6 Å². The van der Waals surface area contributed by atoms with Gasteiger partial charge in [0.15, 0.2) is 23.4 Å². The van der Waals surface area contributed by atoms with Crippen LogP contribution in [0, 0.1) is 17.5 Å². The third kappa shape index (κ3) is 6.23. The van der Waals surface area contributed by atoms with Crippen molar-refractivity contribution in [2.24, 2.45) is 4.99 Å². The average Bonchev–Trinajstić information content (AvgIpc) is 3.33. The monoisotopic (exact) mass is 447 g/mol. The number of rotatable bonds is 8. The van der Waals surface area contributed by atoms with Crippen LogP contribution in [0.15, 0.2) is 47.5 Å². The Morgan fingerprint density at radius 2 is 1.75 bits per heavy atom. The van der Waals surface area contributed by atoms with Crippen molar-refractivity contribution in [2.45, 2.75) is 25.8 Å². The Kier molecular flexibility index (Phi) is 8.49. The summed E-state index contributed by atoms with van der Waals surface area (Å²) in [7, 11) is 0. The number of nitrogens with zero attached hydrogens (tertiary/aromatic N) is 2.